The fourth-order valence-electron chi connectivity index (χ4n) is 2.63. The molecule has 1 aliphatic heterocycles. The lowest BCUT2D eigenvalue weighted by atomic mass is 9.99. The number of anilines is 1. The van der Waals surface area contributed by atoms with Crippen LogP contribution in [0.3, 0.4) is 0 Å². The Bertz CT molecular complexity index is 493. The average Bonchev–Trinajstić information content (AvgIpc) is 2.51. The van der Waals surface area contributed by atoms with Crippen LogP contribution < -0.4 is 15.5 Å². The highest BCUT2D eigenvalue weighted by atomic mass is 127. The Hall–Kier alpha value is -1.02. The SMILES string of the molecule is CN=C(NCCOC)NCc1ccc2c(c1)CCCN2C.I. The number of rotatable bonds is 5. The molecule has 5 nitrogen and oxygen atoms in total. The molecule has 0 fully saturated rings. The molecule has 0 saturated carbocycles. The van der Waals surface area contributed by atoms with Crippen molar-refractivity contribution in [3.8, 4) is 0 Å². The molecule has 0 bridgehead atoms. The van der Waals surface area contributed by atoms with Crippen molar-refractivity contribution >= 4 is 35.6 Å². The van der Waals surface area contributed by atoms with Crippen LogP contribution in [0.5, 0.6) is 0 Å². The minimum absolute atomic E-state index is 0. The van der Waals surface area contributed by atoms with Gasteiger partial charge in [-0.1, -0.05) is 12.1 Å². The van der Waals surface area contributed by atoms with Crippen molar-refractivity contribution in [1.29, 1.82) is 0 Å². The van der Waals surface area contributed by atoms with Crippen LogP contribution in [0.15, 0.2) is 23.2 Å². The van der Waals surface area contributed by atoms with Gasteiger partial charge in [-0.25, -0.2) is 0 Å². The maximum Gasteiger partial charge on any atom is 0.191 e. The van der Waals surface area contributed by atoms with Crippen LogP contribution in [0.2, 0.25) is 0 Å². The van der Waals surface area contributed by atoms with Crippen LogP contribution >= 0.6 is 24.0 Å². The van der Waals surface area contributed by atoms with Gasteiger partial charge in [-0.05, 0) is 30.0 Å². The number of aryl methyl sites for hydroxylation is 1. The summed E-state index contributed by atoms with van der Waals surface area (Å²) in [5.41, 5.74) is 4.11. The third kappa shape index (κ3) is 5.31. The molecule has 0 aromatic heterocycles. The Labute approximate surface area is 150 Å². The highest BCUT2D eigenvalue weighted by molar-refractivity contribution is 14.0. The summed E-state index contributed by atoms with van der Waals surface area (Å²) in [4.78, 5) is 6.54. The Morgan fingerprint density at radius 1 is 1.36 bits per heavy atom. The molecular formula is C16H27IN4O. The van der Waals surface area contributed by atoms with Gasteiger partial charge in [0.05, 0.1) is 6.61 Å². The molecule has 124 valence electrons. The number of hydrogen-bond acceptors (Lipinski definition) is 3. The van der Waals surface area contributed by atoms with Crippen LogP contribution in [0, 0.1) is 0 Å². The lowest BCUT2D eigenvalue weighted by Crippen LogP contribution is -2.38. The molecule has 1 aromatic rings. The van der Waals surface area contributed by atoms with Crippen LogP contribution in [-0.4, -0.2) is 46.9 Å². The lowest BCUT2D eigenvalue weighted by Gasteiger charge is -2.28. The van der Waals surface area contributed by atoms with Gasteiger partial charge in [-0.15, -0.1) is 24.0 Å². The quantitative estimate of drug-likeness (QED) is 0.333. The number of ether oxygens (including phenoxy) is 1. The van der Waals surface area contributed by atoms with Gasteiger partial charge in [-0.3, -0.25) is 4.99 Å². The van der Waals surface area contributed by atoms with Crippen LogP contribution in [0.25, 0.3) is 0 Å². The maximum atomic E-state index is 5.02. The number of methoxy groups -OCH3 is 1. The van der Waals surface area contributed by atoms with Crippen LogP contribution in [0.4, 0.5) is 5.69 Å². The fraction of sp³-hybridized carbons (Fsp3) is 0.562. The van der Waals surface area contributed by atoms with E-state index < -0.39 is 0 Å². The molecule has 2 rings (SSSR count). The van der Waals surface area contributed by atoms with E-state index in [9.17, 15) is 0 Å². The van der Waals surface area contributed by atoms with Crippen molar-refractivity contribution in [2.45, 2.75) is 19.4 Å². The second kappa shape index (κ2) is 9.89. The summed E-state index contributed by atoms with van der Waals surface area (Å²) in [6.07, 6.45) is 2.41. The fourth-order valence-corrected chi connectivity index (χ4v) is 2.63. The van der Waals surface area contributed by atoms with Crippen molar-refractivity contribution in [2.75, 3.05) is 45.8 Å². The molecular weight excluding hydrogens is 391 g/mol. The van der Waals surface area contributed by atoms with Gasteiger partial charge < -0.3 is 20.3 Å². The molecule has 0 saturated heterocycles. The topological polar surface area (TPSA) is 48.9 Å². The van der Waals surface area contributed by atoms with Gasteiger partial charge >= 0.3 is 0 Å². The van der Waals surface area contributed by atoms with E-state index in [-0.39, 0.29) is 24.0 Å². The predicted molar refractivity (Wildman–Crippen MR) is 104 cm³/mol. The largest absolute Gasteiger partial charge is 0.383 e. The molecule has 6 heteroatoms. The molecule has 0 unspecified atom stereocenters. The van der Waals surface area contributed by atoms with E-state index in [0.717, 1.165) is 25.6 Å². The normalized spacial score (nSPS) is 14.1. The number of benzene rings is 1. The summed E-state index contributed by atoms with van der Waals surface area (Å²) in [7, 11) is 5.64. The first-order valence-electron chi connectivity index (χ1n) is 7.51. The number of hydrogen-bond donors (Lipinski definition) is 2. The van der Waals surface area contributed by atoms with Crippen molar-refractivity contribution in [1.82, 2.24) is 10.6 Å². The number of nitrogens with one attached hydrogen (secondary N) is 2. The summed E-state index contributed by atoms with van der Waals surface area (Å²) < 4.78 is 5.02. The number of guanidine groups is 1. The minimum Gasteiger partial charge on any atom is -0.383 e. The van der Waals surface area contributed by atoms with Crippen molar-refractivity contribution in [3.63, 3.8) is 0 Å². The highest BCUT2D eigenvalue weighted by Gasteiger charge is 2.13. The second-order valence-corrected chi connectivity index (χ2v) is 5.33. The van der Waals surface area contributed by atoms with Crippen LogP contribution in [-0.2, 0) is 17.7 Å². The summed E-state index contributed by atoms with van der Waals surface area (Å²) >= 11 is 0. The Morgan fingerprint density at radius 3 is 2.91 bits per heavy atom. The molecule has 0 amide bonds. The maximum absolute atomic E-state index is 5.02. The van der Waals surface area contributed by atoms with Crippen molar-refractivity contribution < 1.29 is 4.74 Å². The third-order valence-electron chi connectivity index (χ3n) is 3.78. The van der Waals surface area contributed by atoms with E-state index in [1.54, 1.807) is 14.2 Å². The molecule has 1 aromatic carbocycles. The van der Waals surface area contributed by atoms with E-state index in [4.69, 9.17) is 4.74 Å². The molecule has 2 N–H and O–H groups in total. The standard InChI is InChI=1S/C16H26N4O.HI/c1-17-16(18-8-10-21-3)19-12-13-6-7-15-14(11-13)5-4-9-20(15)2;/h6-7,11H,4-5,8-10,12H2,1-3H3,(H2,17,18,19);1H. The zero-order valence-corrected chi connectivity index (χ0v) is 16.0. The molecule has 0 atom stereocenters. The van der Waals surface area contributed by atoms with Gasteiger partial charge in [0.1, 0.15) is 0 Å². The molecule has 1 aliphatic rings. The van der Waals surface area contributed by atoms with Gasteiger partial charge in [0.2, 0.25) is 0 Å². The number of aliphatic imine (C=N–C) groups is 1. The third-order valence-corrected chi connectivity index (χ3v) is 3.78. The van der Waals surface area contributed by atoms with E-state index in [2.05, 4.69) is 45.8 Å². The molecule has 0 radical (unpaired) electrons. The Kier molecular flexibility index (Phi) is 8.55. The first kappa shape index (κ1) is 19.0. The highest BCUT2D eigenvalue weighted by Crippen LogP contribution is 2.26. The average molecular weight is 418 g/mol. The van der Waals surface area contributed by atoms with E-state index in [1.807, 2.05) is 0 Å². The second-order valence-electron chi connectivity index (χ2n) is 5.33. The van der Waals surface area contributed by atoms with E-state index in [0.29, 0.717) is 6.61 Å². The zero-order chi connectivity index (χ0) is 15.1. The smallest absolute Gasteiger partial charge is 0.191 e. The molecule has 1 heterocycles. The summed E-state index contributed by atoms with van der Waals surface area (Å²) in [5, 5.41) is 6.55. The monoisotopic (exact) mass is 418 g/mol. The Balaban J connectivity index is 0.00000242. The van der Waals surface area contributed by atoms with Crippen LogP contribution in [0.1, 0.15) is 17.5 Å². The molecule has 0 spiro atoms. The number of fused-ring (bicyclic) bond motifs is 1. The Morgan fingerprint density at radius 2 is 2.18 bits per heavy atom. The summed E-state index contributed by atoms with van der Waals surface area (Å²) in [6, 6.07) is 6.73. The van der Waals surface area contributed by atoms with Gasteiger partial charge in [-0.2, -0.15) is 0 Å². The van der Waals surface area contributed by atoms with Gasteiger partial charge in [0, 0.05) is 46.5 Å². The van der Waals surface area contributed by atoms with Gasteiger partial charge in [0.25, 0.3) is 0 Å². The molecule has 0 aliphatic carbocycles. The minimum atomic E-state index is 0. The van der Waals surface area contributed by atoms with Crippen molar-refractivity contribution in [2.24, 2.45) is 4.99 Å². The summed E-state index contributed by atoms with van der Waals surface area (Å²) in [6.45, 7) is 3.36. The molecule has 22 heavy (non-hydrogen) atoms. The summed E-state index contributed by atoms with van der Waals surface area (Å²) in [5.74, 6) is 0.807. The van der Waals surface area contributed by atoms with E-state index in [1.165, 1.54) is 29.7 Å². The first-order chi connectivity index (χ1) is 10.2. The first-order valence-corrected chi connectivity index (χ1v) is 7.51. The van der Waals surface area contributed by atoms with Crippen molar-refractivity contribution in [3.05, 3.63) is 29.3 Å². The van der Waals surface area contributed by atoms with Gasteiger partial charge in [0.15, 0.2) is 5.96 Å². The zero-order valence-electron chi connectivity index (χ0n) is 13.7. The van der Waals surface area contributed by atoms with E-state index >= 15 is 0 Å². The number of nitrogens with zero attached hydrogens (tertiary/aromatic N) is 2. The predicted octanol–water partition coefficient (Wildman–Crippen LogP) is 2.00. The number of halogens is 1. The lowest BCUT2D eigenvalue weighted by molar-refractivity contribution is 0.203.